The molecule has 130 valence electrons. The molecule has 0 amide bonds. The first-order valence-corrected chi connectivity index (χ1v) is 8.24. The average Bonchev–Trinajstić information content (AvgIpc) is 2.94. The Morgan fingerprint density at radius 1 is 1.23 bits per heavy atom. The number of rotatable bonds is 3. The van der Waals surface area contributed by atoms with Crippen LogP contribution in [0.5, 0.6) is 0 Å². The molecule has 0 aromatic heterocycles. The van der Waals surface area contributed by atoms with E-state index in [1.54, 1.807) is 30.3 Å². The summed E-state index contributed by atoms with van der Waals surface area (Å²) in [6.07, 6.45) is -0.401. The van der Waals surface area contributed by atoms with Crippen molar-refractivity contribution in [3.8, 4) is 16.9 Å². The maximum Gasteiger partial charge on any atom is 0.311 e. The molecule has 0 radical (unpaired) electrons. The Bertz CT molecular complexity index is 1170. The first-order chi connectivity index (χ1) is 12.4. The standard InChI is InChI=1S/C19H13ClN2O4/c1-10-2-7-14-13(8-10)18-17(15(26-14)9-16(23)24)19(25)22(21-18)12-5-3-11(20)4-6-12/h2-8H,9H2,1H3,(H,23,24). The van der Waals surface area contributed by atoms with Crippen molar-refractivity contribution in [1.82, 2.24) is 9.78 Å². The third-order valence-corrected chi connectivity index (χ3v) is 4.38. The lowest BCUT2D eigenvalue weighted by molar-refractivity contribution is -0.136. The fraction of sp³-hybridized carbons (Fsp3) is 0.105. The lowest BCUT2D eigenvalue weighted by Gasteiger charge is -2.07. The van der Waals surface area contributed by atoms with Gasteiger partial charge in [0.15, 0.2) is 0 Å². The van der Waals surface area contributed by atoms with Gasteiger partial charge < -0.3 is 9.52 Å². The van der Waals surface area contributed by atoms with Crippen LogP contribution in [0.25, 0.3) is 27.9 Å². The Balaban J connectivity index is 2.08. The summed E-state index contributed by atoms with van der Waals surface area (Å²) in [6.45, 7) is 1.92. The summed E-state index contributed by atoms with van der Waals surface area (Å²) in [5.41, 5.74) is 2.18. The van der Waals surface area contributed by atoms with Crippen molar-refractivity contribution in [2.75, 3.05) is 0 Å². The van der Waals surface area contributed by atoms with E-state index in [0.29, 0.717) is 27.4 Å². The maximum absolute atomic E-state index is 13.0. The van der Waals surface area contributed by atoms with E-state index in [2.05, 4.69) is 5.10 Å². The summed E-state index contributed by atoms with van der Waals surface area (Å²) in [5, 5.41) is 14.8. The number of aryl methyl sites for hydroxylation is 1. The third kappa shape index (κ3) is 2.64. The van der Waals surface area contributed by atoms with Crippen LogP contribution >= 0.6 is 11.6 Å². The van der Waals surface area contributed by atoms with Gasteiger partial charge in [-0.25, -0.2) is 0 Å². The van der Waals surface area contributed by atoms with Gasteiger partial charge in [-0.05, 0) is 43.3 Å². The molecule has 6 nitrogen and oxygen atoms in total. The maximum atomic E-state index is 13.0. The molecular formula is C19H13ClN2O4. The number of carboxylic acid groups (broad SMARTS) is 1. The second kappa shape index (κ2) is 6.00. The summed E-state index contributed by atoms with van der Waals surface area (Å²) in [5.74, 6) is -0.991. The van der Waals surface area contributed by atoms with Crippen LogP contribution in [0.15, 0.2) is 51.7 Å². The van der Waals surface area contributed by atoms with Crippen LogP contribution in [0, 0.1) is 6.92 Å². The normalized spacial score (nSPS) is 11.3. The van der Waals surface area contributed by atoms with E-state index in [4.69, 9.17) is 16.0 Å². The highest BCUT2D eigenvalue weighted by molar-refractivity contribution is 6.30. The van der Waals surface area contributed by atoms with Crippen LogP contribution in [0.3, 0.4) is 0 Å². The van der Waals surface area contributed by atoms with Gasteiger partial charge in [0.25, 0.3) is 5.56 Å². The molecule has 2 aromatic carbocycles. The second-order valence-corrected chi connectivity index (χ2v) is 6.45. The van der Waals surface area contributed by atoms with Crippen LogP contribution in [0.2, 0.25) is 5.02 Å². The highest BCUT2D eigenvalue weighted by atomic mass is 35.5. The molecule has 2 aliphatic heterocycles. The Hall–Kier alpha value is -3.12. The molecule has 2 aliphatic rings. The molecule has 2 aromatic rings. The fourth-order valence-electron chi connectivity index (χ4n) is 2.96. The Kier molecular flexibility index (Phi) is 3.77. The smallest absolute Gasteiger partial charge is 0.311 e. The van der Waals surface area contributed by atoms with Gasteiger partial charge >= 0.3 is 5.97 Å². The molecule has 0 aliphatic carbocycles. The first kappa shape index (κ1) is 16.4. The van der Waals surface area contributed by atoms with Crippen LogP contribution in [-0.2, 0) is 11.2 Å². The van der Waals surface area contributed by atoms with E-state index in [0.717, 1.165) is 5.56 Å². The molecule has 0 unspecified atom stereocenters. The number of benzene rings is 2. The summed E-state index contributed by atoms with van der Waals surface area (Å²) < 4.78 is 6.97. The van der Waals surface area contributed by atoms with Gasteiger partial charge in [0.2, 0.25) is 0 Å². The predicted molar refractivity (Wildman–Crippen MR) is 97.3 cm³/mol. The number of aromatic nitrogens is 2. The van der Waals surface area contributed by atoms with Crippen LogP contribution in [0.1, 0.15) is 11.3 Å². The summed E-state index contributed by atoms with van der Waals surface area (Å²) in [6, 6.07) is 12.1. The van der Waals surface area contributed by atoms with Crippen molar-refractivity contribution in [2.45, 2.75) is 13.3 Å². The van der Waals surface area contributed by atoms with Gasteiger partial charge in [0.1, 0.15) is 29.0 Å². The monoisotopic (exact) mass is 368 g/mol. The third-order valence-electron chi connectivity index (χ3n) is 4.13. The minimum Gasteiger partial charge on any atom is -0.481 e. The van der Waals surface area contributed by atoms with Gasteiger partial charge in [-0.15, -0.1) is 0 Å². The zero-order chi connectivity index (χ0) is 18.4. The van der Waals surface area contributed by atoms with Crippen molar-refractivity contribution in [2.24, 2.45) is 0 Å². The number of hydrogen-bond donors (Lipinski definition) is 1. The molecule has 1 N–H and O–H groups in total. The minimum absolute atomic E-state index is 0.0917. The fourth-order valence-corrected chi connectivity index (χ4v) is 3.09. The number of carboxylic acids is 1. The SMILES string of the molecule is Cc1ccc2oc(CC(=O)O)c3c(=O)n(-c4ccc(Cl)cc4)nc-3c2c1. The first-order valence-electron chi connectivity index (χ1n) is 7.87. The molecule has 0 spiro atoms. The Labute approximate surface area is 152 Å². The molecule has 0 fully saturated rings. The molecule has 0 saturated heterocycles. The van der Waals surface area contributed by atoms with Gasteiger partial charge in [0, 0.05) is 10.4 Å². The van der Waals surface area contributed by atoms with Crippen molar-refractivity contribution in [3.05, 3.63) is 69.2 Å². The molecule has 4 rings (SSSR count). The summed E-state index contributed by atoms with van der Waals surface area (Å²) >= 11 is 5.91. The molecule has 0 atom stereocenters. The van der Waals surface area contributed by atoms with Crippen LogP contribution in [0.4, 0.5) is 0 Å². The van der Waals surface area contributed by atoms with Gasteiger partial charge in [-0.1, -0.05) is 23.2 Å². The number of nitrogens with zero attached hydrogens (tertiary/aromatic N) is 2. The Morgan fingerprint density at radius 3 is 2.65 bits per heavy atom. The number of hydrogen-bond acceptors (Lipinski definition) is 4. The molecule has 26 heavy (non-hydrogen) atoms. The zero-order valence-corrected chi connectivity index (χ0v) is 14.4. The van der Waals surface area contributed by atoms with Crippen molar-refractivity contribution < 1.29 is 14.3 Å². The second-order valence-electron chi connectivity index (χ2n) is 6.01. The number of fused-ring (bicyclic) bond motifs is 3. The van der Waals surface area contributed by atoms with E-state index in [1.807, 2.05) is 19.1 Å². The molecule has 0 saturated carbocycles. The largest absolute Gasteiger partial charge is 0.481 e. The van der Waals surface area contributed by atoms with E-state index in [-0.39, 0.29) is 11.3 Å². The van der Waals surface area contributed by atoms with E-state index in [9.17, 15) is 14.7 Å². The number of aliphatic carboxylic acids is 1. The molecule has 7 heteroatoms. The van der Waals surface area contributed by atoms with E-state index in [1.165, 1.54) is 4.68 Å². The van der Waals surface area contributed by atoms with Crippen LogP contribution in [-0.4, -0.2) is 20.9 Å². The van der Waals surface area contributed by atoms with Gasteiger partial charge in [-0.2, -0.15) is 9.78 Å². The topological polar surface area (TPSA) is 85.3 Å². The van der Waals surface area contributed by atoms with Crippen molar-refractivity contribution >= 4 is 28.5 Å². The van der Waals surface area contributed by atoms with Gasteiger partial charge in [-0.3, -0.25) is 9.59 Å². The molecule has 0 bridgehead atoms. The summed E-state index contributed by atoms with van der Waals surface area (Å²) in [4.78, 5) is 24.2. The predicted octanol–water partition coefficient (Wildman–Crippen LogP) is 3.67. The molecule has 2 heterocycles. The lowest BCUT2D eigenvalue weighted by Crippen LogP contribution is -2.16. The van der Waals surface area contributed by atoms with Crippen LogP contribution < -0.4 is 5.56 Å². The highest BCUT2D eigenvalue weighted by Gasteiger charge is 2.26. The van der Waals surface area contributed by atoms with E-state index >= 15 is 0 Å². The summed E-state index contributed by atoms with van der Waals surface area (Å²) in [7, 11) is 0. The molecular weight excluding hydrogens is 356 g/mol. The number of halogens is 1. The zero-order valence-electron chi connectivity index (χ0n) is 13.7. The van der Waals surface area contributed by atoms with E-state index < -0.39 is 17.9 Å². The van der Waals surface area contributed by atoms with Crippen molar-refractivity contribution in [1.29, 1.82) is 0 Å². The van der Waals surface area contributed by atoms with Crippen molar-refractivity contribution in [3.63, 3.8) is 0 Å². The lowest BCUT2D eigenvalue weighted by atomic mass is 10.0. The van der Waals surface area contributed by atoms with Gasteiger partial charge in [0.05, 0.1) is 5.69 Å². The quantitative estimate of drug-likeness (QED) is 0.596. The average molecular weight is 369 g/mol. The highest BCUT2D eigenvalue weighted by Crippen LogP contribution is 2.32. The Morgan fingerprint density at radius 2 is 1.96 bits per heavy atom. The number of carbonyl (C=O) groups is 1. The minimum atomic E-state index is -1.08.